The molecule has 33 heavy (non-hydrogen) atoms. The van der Waals surface area contributed by atoms with Crippen molar-refractivity contribution < 1.29 is 9.53 Å². The molecule has 4 rings (SSSR count). The molecule has 0 aliphatic rings. The van der Waals surface area contributed by atoms with Crippen LogP contribution in [0.15, 0.2) is 84.0 Å². The lowest BCUT2D eigenvalue weighted by atomic mass is 10.0. The minimum atomic E-state index is -0.165. The van der Waals surface area contributed by atoms with Gasteiger partial charge in [0.15, 0.2) is 0 Å². The highest BCUT2D eigenvalue weighted by molar-refractivity contribution is 6.30. The maximum atomic E-state index is 12.5. The highest BCUT2D eigenvalue weighted by Gasteiger charge is 2.09. The van der Waals surface area contributed by atoms with E-state index < -0.39 is 0 Å². The van der Waals surface area contributed by atoms with E-state index in [-0.39, 0.29) is 12.3 Å². The average Bonchev–Trinajstić information content (AvgIpc) is 2.81. The van der Waals surface area contributed by atoms with Gasteiger partial charge in [0.05, 0.1) is 12.6 Å². The number of aryl methyl sites for hydroxylation is 2. The standard InChI is InChI=1S/C28H25ClN2O2/c1-19-7-10-23(20(2)15-19)16-28(32)31-30-17-26-25-6-4-3-5-22(25)11-14-27(26)33-18-21-8-12-24(29)13-9-21/h3-15,17H,16,18H2,1-2H3,(H,31,32)/b30-17-. The van der Waals surface area contributed by atoms with Crippen molar-refractivity contribution in [1.82, 2.24) is 5.43 Å². The lowest BCUT2D eigenvalue weighted by molar-refractivity contribution is -0.120. The van der Waals surface area contributed by atoms with Gasteiger partial charge in [0.1, 0.15) is 12.4 Å². The van der Waals surface area contributed by atoms with Gasteiger partial charge in [-0.2, -0.15) is 5.10 Å². The second-order valence-corrected chi connectivity index (χ2v) is 8.45. The van der Waals surface area contributed by atoms with Crippen LogP contribution in [0.1, 0.15) is 27.8 Å². The van der Waals surface area contributed by atoms with Gasteiger partial charge in [0.2, 0.25) is 5.91 Å². The summed E-state index contributed by atoms with van der Waals surface area (Å²) in [6.45, 7) is 4.45. The number of nitrogens with one attached hydrogen (secondary N) is 1. The number of halogens is 1. The minimum Gasteiger partial charge on any atom is -0.488 e. The van der Waals surface area contributed by atoms with Gasteiger partial charge in [-0.15, -0.1) is 0 Å². The number of carbonyl (C=O) groups is 1. The van der Waals surface area contributed by atoms with Crippen LogP contribution in [0.25, 0.3) is 10.8 Å². The zero-order chi connectivity index (χ0) is 23.2. The van der Waals surface area contributed by atoms with E-state index in [4.69, 9.17) is 16.3 Å². The fraction of sp³-hybridized carbons (Fsp3) is 0.143. The Morgan fingerprint density at radius 2 is 1.79 bits per heavy atom. The maximum Gasteiger partial charge on any atom is 0.244 e. The molecule has 0 saturated heterocycles. The second-order valence-electron chi connectivity index (χ2n) is 8.01. The fourth-order valence-electron chi connectivity index (χ4n) is 3.70. The van der Waals surface area contributed by atoms with E-state index in [1.807, 2.05) is 86.6 Å². The van der Waals surface area contributed by atoms with Gasteiger partial charge >= 0.3 is 0 Å². The highest BCUT2D eigenvalue weighted by atomic mass is 35.5. The van der Waals surface area contributed by atoms with E-state index in [1.165, 1.54) is 5.56 Å². The molecule has 0 spiro atoms. The highest BCUT2D eigenvalue weighted by Crippen LogP contribution is 2.27. The summed E-state index contributed by atoms with van der Waals surface area (Å²) >= 11 is 5.98. The third-order valence-electron chi connectivity index (χ3n) is 5.47. The monoisotopic (exact) mass is 456 g/mol. The second kappa shape index (κ2) is 10.3. The van der Waals surface area contributed by atoms with E-state index in [2.05, 4.69) is 16.6 Å². The normalized spacial score (nSPS) is 11.1. The number of rotatable bonds is 7. The first-order chi connectivity index (χ1) is 16.0. The van der Waals surface area contributed by atoms with Gasteiger partial charge in [0, 0.05) is 10.6 Å². The Kier molecular flexibility index (Phi) is 7.06. The number of hydrogen-bond donors (Lipinski definition) is 1. The zero-order valence-electron chi connectivity index (χ0n) is 18.6. The molecule has 1 N–H and O–H groups in total. The molecule has 0 saturated carbocycles. The molecule has 0 radical (unpaired) electrons. The predicted octanol–water partition coefficient (Wildman–Crippen LogP) is 6.38. The Labute approximate surface area is 198 Å². The van der Waals surface area contributed by atoms with Crippen LogP contribution < -0.4 is 10.2 Å². The summed E-state index contributed by atoms with van der Waals surface area (Å²) in [4.78, 5) is 12.5. The van der Waals surface area contributed by atoms with Crippen LogP contribution in [-0.2, 0) is 17.8 Å². The molecule has 0 fully saturated rings. The lowest BCUT2D eigenvalue weighted by Crippen LogP contribution is -2.20. The summed E-state index contributed by atoms with van der Waals surface area (Å²) in [7, 11) is 0. The Balaban J connectivity index is 1.52. The largest absolute Gasteiger partial charge is 0.488 e. The molecule has 0 atom stereocenters. The smallest absolute Gasteiger partial charge is 0.244 e. The topological polar surface area (TPSA) is 50.7 Å². The molecule has 0 unspecified atom stereocenters. The number of fused-ring (bicyclic) bond motifs is 1. The number of benzene rings is 4. The third kappa shape index (κ3) is 5.79. The molecule has 5 heteroatoms. The van der Waals surface area contributed by atoms with Crippen molar-refractivity contribution in [3.63, 3.8) is 0 Å². The van der Waals surface area contributed by atoms with Crippen LogP contribution >= 0.6 is 11.6 Å². The number of ether oxygens (including phenoxy) is 1. The molecule has 166 valence electrons. The molecule has 0 heterocycles. The van der Waals surface area contributed by atoms with Gasteiger partial charge in [-0.25, -0.2) is 5.43 Å². The van der Waals surface area contributed by atoms with Crippen LogP contribution in [0.4, 0.5) is 0 Å². The van der Waals surface area contributed by atoms with E-state index in [0.29, 0.717) is 17.4 Å². The molecule has 0 aliphatic heterocycles. The Morgan fingerprint density at radius 3 is 2.58 bits per heavy atom. The first-order valence-electron chi connectivity index (χ1n) is 10.8. The molecule has 1 amide bonds. The first kappa shape index (κ1) is 22.6. The molecule has 0 aliphatic carbocycles. The Bertz CT molecular complexity index is 1310. The number of hydrazone groups is 1. The van der Waals surface area contributed by atoms with Gasteiger partial charge in [0.25, 0.3) is 0 Å². The van der Waals surface area contributed by atoms with Crippen LogP contribution in [0.5, 0.6) is 5.75 Å². The Morgan fingerprint density at radius 1 is 1.00 bits per heavy atom. The molecule has 0 bridgehead atoms. The molecular formula is C28H25ClN2O2. The van der Waals surface area contributed by atoms with Crippen molar-refractivity contribution in [2.24, 2.45) is 5.10 Å². The lowest BCUT2D eigenvalue weighted by Gasteiger charge is -2.12. The summed E-state index contributed by atoms with van der Waals surface area (Å²) in [6, 6.07) is 25.6. The zero-order valence-corrected chi connectivity index (χ0v) is 19.4. The number of amides is 1. The van der Waals surface area contributed by atoms with Crippen molar-refractivity contribution >= 4 is 34.5 Å². The summed E-state index contributed by atoms with van der Waals surface area (Å²) in [6.07, 6.45) is 1.93. The van der Waals surface area contributed by atoms with Crippen LogP contribution in [0.2, 0.25) is 5.02 Å². The summed E-state index contributed by atoms with van der Waals surface area (Å²) in [5, 5.41) is 7.00. The summed E-state index contributed by atoms with van der Waals surface area (Å²) in [5.74, 6) is 0.526. The fourth-order valence-corrected chi connectivity index (χ4v) is 3.83. The van der Waals surface area contributed by atoms with Gasteiger partial charge in [-0.3, -0.25) is 4.79 Å². The molecule has 4 nitrogen and oxygen atoms in total. The van der Waals surface area contributed by atoms with E-state index in [9.17, 15) is 4.79 Å². The van der Waals surface area contributed by atoms with Crippen LogP contribution in [-0.4, -0.2) is 12.1 Å². The van der Waals surface area contributed by atoms with E-state index >= 15 is 0 Å². The number of carbonyl (C=O) groups excluding carboxylic acids is 1. The summed E-state index contributed by atoms with van der Waals surface area (Å²) < 4.78 is 6.10. The van der Waals surface area contributed by atoms with Gasteiger partial charge in [-0.05, 0) is 59.5 Å². The van der Waals surface area contributed by atoms with Crippen molar-refractivity contribution in [3.8, 4) is 5.75 Å². The SMILES string of the molecule is Cc1ccc(CC(=O)N/N=C\c2c(OCc3ccc(Cl)cc3)ccc3ccccc23)c(C)c1. The van der Waals surface area contributed by atoms with Crippen LogP contribution in [0, 0.1) is 13.8 Å². The van der Waals surface area contributed by atoms with Crippen molar-refractivity contribution in [1.29, 1.82) is 0 Å². The van der Waals surface area contributed by atoms with E-state index in [0.717, 1.165) is 33.0 Å². The third-order valence-corrected chi connectivity index (χ3v) is 5.72. The summed E-state index contributed by atoms with van der Waals surface area (Å²) in [5.41, 5.74) is 7.75. The van der Waals surface area contributed by atoms with Crippen molar-refractivity contribution in [3.05, 3.63) is 112 Å². The average molecular weight is 457 g/mol. The quantitative estimate of drug-likeness (QED) is 0.259. The van der Waals surface area contributed by atoms with Crippen LogP contribution in [0.3, 0.4) is 0 Å². The first-order valence-corrected chi connectivity index (χ1v) is 11.1. The molecule has 0 aromatic heterocycles. The van der Waals surface area contributed by atoms with Gasteiger partial charge in [-0.1, -0.05) is 77.8 Å². The molecule has 4 aromatic rings. The minimum absolute atomic E-state index is 0.165. The predicted molar refractivity (Wildman–Crippen MR) is 135 cm³/mol. The van der Waals surface area contributed by atoms with Crippen molar-refractivity contribution in [2.75, 3.05) is 0 Å². The molecule has 4 aromatic carbocycles. The van der Waals surface area contributed by atoms with Crippen molar-refractivity contribution in [2.45, 2.75) is 26.9 Å². The molecular weight excluding hydrogens is 432 g/mol. The number of hydrogen-bond acceptors (Lipinski definition) is 3. The van der Waals surface area contributed by atoms with E-state index in [1.54, 1.807) is 6.21 Å². The Hall–Kier alpha value is -3.63. The maximum absolute atomic E-state index is 12.5. The number of nitrogens with zero attached hydrogens (tertiary/aromatic N) is 1. The van der Waals surface area contributed by atoms with Gasteiger partial charge < -0.3 is 4.74 Å².